The molecule has 0 aliphatic carbocycles. The van der Waals surface area contributed by atoms with Crippen LogP contribution in [0.1, 0.15) is 29.5 Å². The summed E-state index contributed by atoms with van der Waals surface area (Å²) in [4.78, 5) is 0. The van der Waals surface area contributed by atoms with Crippen LogP contribution in [0.5, 0.6) is 5.75 Å². The monoisotopic (exact) mass is 323 g/mol. The van der Waals surface area contributed by atoms with E-state index in [9.17, 15) is 0 Å². The maximum Gasteiger partial charge on any atom is 0.122 e. The number of fused-ring (bicyclic) bond motifs is 1. The number of ether oxygens (including phenoxy) is 1. The quantitative estimate of drug-likeness (QED) is 0.903. The van der Waals surface area contributed by atoms with Gasteiger partial charge in [0, 0.05) is 21.8 Å². The molecule has 2 heterocycles. The summed E-state index contributed by atoms with van der Waals surface area (Å²) < 4.78 is 6.80. The molecule has 3 rings (SSSR count). The molecule has 4 heteroatoms. The zero-order valence-corrected chi connectivity index (χ0v) is 12.2. The smallest absolute Gasteiger partial charge is 0.122 e. The number of para-hydroxylation sites is 1. The molecular weight excluding hydrogens is 310 g/mol. The van der Waals surface area contributed by atoms with Gasteiger partial charge in [-0.3, -0.25) is 0 Å². The molecule has 1 aliphatic rings. The average molecular weight is 324 g/mol. The SMILES string of the molecule is NC(c1cscc1Br)C1CCOc2ccccc21. The lowest BCUT2D eigenvalue weighted by Gasteiger charge is -2.30. The first kappa shape index (κ1) is 12.2. The molecule has 1 aromatic heterocycles. The summed E-state index contributed by atoms with van der Waals surface area (Å²) in [5.41, 5.74) is 8.88. The fourth-order valence-electron chi connectivity index (χ4n) is 2.49. The van der Waals surface area contributed by atoms with Gasteiger partial charge in [0.1, 0.15) is 5.75 Å². The molecule has 0 radical (unpaired) electrons. The minimum absolute atomic E-state index is 0.0238. The Bertz CT molecular complexity index is 554. The zero-order chi connectivity index (χ0) is 12.5. The van der Waals surface area contributed by atoms with Crippen LogP contribution in [0.4, 0.5) is 0 Å². The Morgan fingerprint density at radius 3 is 2.94 bits per heavy atom. The number of thiophene rings is 1. The molecule has 0 saturated carbocycles. The molecule has 0 fully saturated rings. The van der Waals surface area contributed by atoms with Crippen molar-refractivity contribution in [2.75, 3.05) is 6.61 Å². The van der Waals surface area contributed by atoms with E-state index in [1.807, 2.05) is 12.1 Å². The summed E-state index contributed by atoms with van der Waals surface area (Å²) in [7, 11) is 0. The molecule has 2 atom stereocenters. The Morgan fingerprint density at radius 1 is 1.33 bits per heavy atom. The van der Waals surface area contributed by atoms with Gasteiger partial charge in [0.25, 0.3) is 0 Å². The first-order chi connectivity index (χ1) is 8.77. The van der Waals surface area contributed by atoms with Crippen molar-refractivity contribution in [2.24, 2.45) is 5.73 Å². The van der Waals surface area contributed by atoms with Crippen molar-refractivity contribution in [2.45, 2.75) is 18.4 Å². The molecule has 18 heavy (non-hydrogen) atoms. The summed E-state index contributed by atoms with van der Waals surface area (Å²) in [5.74, 6) is 1.32. The number of hydrogen-bond acceptors (Lipinski definition) is 3. The average Bonchev–Trinajstić information content (AvgIpc) is 2.83. The molecule has 2 nitrogen and oxygen atoms in total. The van der Waals surface area contributed by atoms with Gasteiger partial charge in [-0.15, -0.1) is 0 Å². The predicted molar refractivity (Wildman–Crippen MR) is 78.2 cm³/mol. The van der Waals surface area contributed by atoms with Crippen molar-refractivity contribution < 1.29 is 4.74 Å². The van der Waals surface area contributed by atoms with Gasteiger partial charge in [-0.05, 0) is 44.9 Å². The third kappa shape index (κ3) is 2.09. The first-order valence-electron chi connectivity index (χ1n) is 5.96. The third-order valence-electron chi connectivity index (χ3n) is 3.44. The highest BCUT2D eigenvalue weighted by atomic mass is 79.9. The summed E-state index contributed by atoms with van der Waals surface area (Å²) in [5, 5.41) is 4.22. The predicted octanol–water partition coefficient (Wildman–Crippen LogP) is 4.08. The van der Waals surface area contributed by atoms with Crippen molar-refractivity contribution in [3.63, 3.8) is 0 Å². The van der Waals surface area contributed by atoms with Crippen LogP contribution < -0.4 is 10.5 Å². The minimum atomic E-state index is 0.0238. The lowest BCUT2D eigenvalue weighted by Crippen LogP contribution is -2.25. The molecule has 1 aliphatic heterocycles. The van der Waals surface area contributed by atoms with Crippen molar-refractivity contribution >= 4 is 27.3 Å². The lowest BCUT2D eigenvalue weighted by molar-refractivity contribution is 0.255. The van der Waals surface area contributed by atoms with Gasteiger partial charge in [0.2, 0.25) is 0 Å². The second kappa shape index (κ2) is 5.03. The first-order valence-corrected chi connectivity index (χ1v) is 7.70. The largest absolute Gasteiger partial charge is 0.493 e. The van der Waals surface area contributed by atoms with Crippen molar-refractivity contribution in [1.29, 1.82) is 0 Å². The molecule has 2 unspecified atom stereocenters. The van der Waals surface area contributed by atoms with E-state index in [1.54, 1.807) is 11.3 Å². The van der Waals surface area contributed by atoms with E-state index < -0.39 is 0 Å². The number of hydrogen-bond donors (Lipinski definition) is 1. The van der Waals surface area contributed by atoms with E-state index in [1.165, 1.54) is 11.1 Å². The molecule has 2 N–H and O–H groups in total. The highest BCUT2D eigenvalue weighted by Gasteiger charge is 2.28. The topological polar surface area (TPSA) is 35.2 Å². The molecule has 1 aromatic carbocycles. The third-order valence-corrected chi connectivity index (χ3v) is 5.19. The Labute approximate surface area is 119 Å². The maximum atomic E-state index is 6.45. The maximum absolute atomic E-state index is 6.45. The lowest BCUT2D eigenvalue weighted by atomic mass is 9.84. The Hall–Kier alpha value is -0.840. The van der Waals surface area contributed by atoms with Crippen LogP contribution in [0, 0.1) is 0 Å². The molecule has 0 bridgehead atoms. The van der Waals surface area contributed by atoms with Crippen molar-refractivity contribution in [3.05, 3.63) is 50.6 Å². The molecular formula is C14H14BrNOS. The zero-order valence-electron chi connectivity index (χ0n) is 9.80. The van der Waals surface area contributed by atoms with Crippen LogP contribution in [0.3, 0.4) is 0 Å². The van der Waals surface area contributed by atoms with Crippen LogP contribution in [0.2, 0.25) is 0 Å². The van der Waals surface area contributed by atoms with E-state index in [4.69, 9.17) is 10.5 Å². The highest BCUT2D eigenvalue weighted by Crippen LogP contribution is 2.42. The number of benzene rings is 1. The van der Waals surface area contributed by atoms with Crippen LogP contribution in [0.15, 0.2) is 39.5 Å². The van der Waals surface area contributed by atoms with Crippen LogP contribution >= 0.6 is 27.3 Å². The number of halogens is 1. The van der Waals surface area contributed by atoms with E-state index >= 15 is 0 Å². The molecule has 0 saturated heterocycles. The Morgan fingerprint density at radius 2 is 2.17 bits per heavy atom. The highest BCUT2D eigenvalue weighted by molar-refractivity contribution is 9.10. The molecule has 0 spiro atoms. The van der Waals surface area contributed by atoms with Crippen LogP contribution in [0.25, 0.3) is 0 Å². The second-order valence-corrected chi connectivity index (χ2v) is 6.08. The summed E-state index contributed by atoms with van der Waals surface area (Å²) in [6.07, 6.45) is 0.973. The Kier molecular flexibility index (Phi) is 3.41. The Balaban J connectivity index is 1.97. The van der Waals surface area contributed by atoms with Gasteiger partial charge in [-0.25, -0.2) is 0 Å². The molecule has 0 amide bonds. The van der Waals surface area contributed by atoms with Crippen molar-refractivity contribution in [3.8, 4) is 5.75 Å². The van der Waals surface area contributed by atoms with Crippen LogP contribution in [-0.2, 0) is 0 Å². The molecule has 94 valence electrons. The fourth-order valence-corrected chi connectivity index (χ4v) is 4.10. The van der Waals surface area contributed by atoms with Gasteiger partial charge < -0.3 is 10.5 Å². The number of rotatable bonds is 2. The van der Waals surface area contributed by atoms with Gasteiger partial charge in [0.05, 0.1) is 6.61 Å². The van der Waals surface area contributed by atoms with Gasteiger partial charge in [-0.2, -0.15) is 11.3 Å². The van der Waals surface area contributed by atoms with E-state index in [0.29, 0.717) is 5.92 Å². The van der Waals surface area contributed by atoms with Crippen molar-refractivity contribution in [1.82, 2.24) is 0 Å². The fraction of sp³-hybridized carbons (Fsp3) is 0.286. The van der Waals surface area contributed by atoms with E-state index in [-0.39, 0.29) is 6.04 Å². The minimum Gasteiger partial charge on any atom is -0.493 e. The van der Waals surface area contributed by atoms with Gasteiger partial charge in [0.15, 0.2) is 0 Å². The van der Waals surface area contributed by atoms with Gasteiger partial charge in [-0.1, -0.05) is 18.2 Å². The van der Waals surface area contributed by atoms with Gasteiger partial charge >= 0.3 is 0 Å². The summed E-state index contributed by atoms with van der Waals surface area (Å²) in [6.45, 7) is 0.747. The van der Waals surface area contributed by atoms with E-state index in [2.05, 4.69) is 38.8 Å². The summed E-state index contributed by atoms with van der Waals surface area (Å²) >= 11 is 5.25. The van der Waals surface area contributed by atoms with Crippen LogP contribution in [-0.4, -0.2) is 6.61 Å². The normalized spacial score (nSPS) is 20.0. The van der Waals surface area contributed by atoms with E-state index in [0.717, 1.165) is 23.2 Å². The summed E-state index contributed by atoms with van der Waals surface area (Å²) in [6, 6.07) is 8.23. The number of nitrogens with two attached hydrogens (primary N) is 1. The molecule has 2 aromatic rings. The second-order valence-electron chi connectivity index (χ2n) is 4.48. The standard InChI is InChI=1S/C14H14BrNOS/c15-12-8-18-7-11(12)14(16)10-5-6-17-13-4-2-1-3-9(10)13/h1-4,7-8,10,14H,5-6,16H2.